The lowest BCUT2D eigenvalue weighted by Crippen LogP contribution is -2.33. The number of rotatable bonds is 7. The van der Waals surface area contributed by atoms with E-state index in [0.29, 0.717) is 21.7 Å². The van der Waals surface area contributed by atoms with E-state index in [2.05, 4.69) is 10.2 Å². The highest BCUT2D eigenvalue weighted by Crippen LogP contribution is 2.24. The van der Waals surface area contributed by atoms with Gasteiger partial charge in [-0.25, -0.2) is 9.07 Å². The highest BCUT2D eigenvalue weighted by atomic mass is 35.5. The average molecular weight is 431 g/mol. The summed E-state index contributed by atoms with van der Waals surface area (Å²) in [5.74, 6) is 5.88. The molecule has 0 bridgehead atoms. The van der Waals surface area contributed by atoms with E-state index >= 15 is 0 Å². The Morgan fingerprint density at radius 3 is 2.55 bits per heavy atom. The summed E-state index contributed by atoms with van der Waals surface area (Å²) in [6.07, 6.45) is 0.154. The number of hydrogen-bond acceptors (Lipinski definition) is 6. The molecule has 3 rings (SSSR count). The number of benzene rings is 2. The zero-order valence-corrected chi connectivity index (χ0v) is 16.7. The molecule has 0 saturated carbocycles. The molecule has 7 nitrogen and oxygen atoms in total. The van der Waals surface area contributed by atoms with E-state index in [0.717, 1.165) is 17.3 Å². The first-order valence-electron chi connectivity index (χ1n) is 8.51. The number of nitrogen functional groups attached to an aromatic ring is 1. The Labute approximate surface area is 175 Å². The highest BCUT2D eigenvalue weighted by Gasteiger charge is 2.19. The second-order valence-electron chi connectivity index (χ2n) is 5.90. The van der Waals surface area contributed by atoms with Crippen LogP contribution in [-0.2, 0) is 4.79 Å². The maximum atomic E-state index is 13.2. The number of nitrogens with zero attached hydrogens (tertiary/aromatic N) is 5. The van der Waals surface area contributed by atoms with Crippen LogP contribution in [0.2, 0.25) is 5.02 Å². The molecule has 0 saturated heterocycles. The molecule has 2 aromatic carbocycles. The largest absolute Gasteiger partial charge is 0.335 e. The van der Waals surface area contributed by atoms with Gasteiger partial charge in [0.15, 0.2) is 5.82 Å². The molecule has 2 N–H and O–H groups in total. The molecule has 0 radical (unpaired) electrons. The predicted molar refractivity (Wildman–Crippen MR) is 110 cm³/mol. The molecule has 29 heavy (non-hydrogen) atoms. The third-order valence-corrected chi connectivity index (χ3v) is 5.16. The number of thioether (sulfide) groups is 1. The lowest BCUT2D eigenvalue weighted by molar-refractivity contribution is -0.116. The van der Waals surface area contributed by atoms with Crippen molar-refractivity contribution < 1.29 is 9.18 Å². The number of halogens is 2. The van der Waals surface area contributed by atoms with Crippen LogP contribution in [0.25, 0.3) is 11.4 Å². The van der Waals surface area contributed by atoms with Crippen LogP contribution < -0.4 is 10.7 Å². The van der Waals surface area contributed by atoms with E-state index in [9.17, 15) is 9.18 Å². The molecule has 3 aromatic rings. The van der Waals surface area contributed by atoms with Crippen LogP contribution in [0.3, 0.4) is 0 Å². The molecular formula is C19H16ClFN6OS. The van der Waals surface area contributed by atoms with E-state index in [4.69, 9.17) is 22.7 Å². The maximum absolute atomic E-state index is 13.2. The van der Waals surface area contributed by atoms with Crippen molar-refractivity contribution in [1.82, 2.24) is 14.9 Å². The van der Waals surface area contributed by atoms with Crippen molar-refractivity contribution in [2.75, 3.05) is 23.0 Å². The summed E-state index contributed by atoms with van der Waals surface area (Å²) < 4.78 is 14.5. The monoisotopic (exact) mass is 430 g/mol. The van der Waals surface area contributed by atoms with Crippen LogP contribution in [0.5, 0.6) is 0 Å². The summed E-state index contributed by atoms with van der Waals surface area (Å²) in [7, 11) is 0. The Balaban J connectivity index is 1.72. The zero-order chi connectivity index (χ0) is 20.8. The van der Waals surface area contributed by atoms with Crippen LogP contribution in [0.4, 0.5) is 10.1 Å². The number of hydrogen-bond donors (Lipinski definition) is 1. The van der Waals surface area contributed by atoms with Crippen molar-refractivity contribution in [3.8, 4) is 17.5 Å². The van der Waals surface area contributed by atoms with Gasteiger partial charge in [0, 0.05) is 22.8 Å². The Morgan fingerprint density at radius 2 is 1.90 bits per heavy atom. The van der Waals surface area contributed by atoms with Crippen molar-refractivity contribution in [3.63, 3.8) is 0 Å². The van der Waals surface area contributed by atoms with Gasteiger partial charge in [-0.05, 0) is 48.5 Å². The number of nitrogens with two attached hydrogens (primary N) is 1. The van der Waals surface area contributed by atoms with Gasteiger partial charge in [0.2, 0.25) is 11.1 Å². The van der Waals surface area contributed by atoms with Gasteiger partial charge in [-0.1, -0.05) is 23.4 Å². The molecule has 0 aliphatic rings. The standard InChI is InChI=1S/C19H16ClFN6OS/c20-14-4-2-13(3-5-14)18-24-25-19(27(18)23)29-12-17(28)26(11-1-10-22)16-8-6-15(21)7-9-16/h2-9H,1,11-12,23H2. The van der Waals surface area contributed by atoms with E-state index in [1.165, 1.54) is 33.8 Å². The third-order valence-electron chi connectivity index (χ3n) is 3.98. The van der Waals surface area contributed by atoms with Crippen molar-refractivity contribution in [2.24, 2.45) is 0 Å². The molecule has 1 aromatic heterocycles. The fraction of sp³-hybridized carbons (Fsp3) is 0.158. The summed E-state index contributed by atoms with van der Waals surface area (Å²) in [5.41, 5.74) is 1.26. The lowest BCUT2D eigenvalue weighted by Gasteiger charge is -2.21. The Hall–Kier alpha value is -3.09. The molecule has 1 amide bonds. The van der Waals surface area contributed by atoms with E-state index < -0.39 is 5.82 Å². The molecular weight excluding hydrogens is 415 g/mol. The van der Waals surface area contributed by atoms with Crippen LogP contribution in [0.15, 0.2) is 53.7 Å². The second-order valence-corrected chi connectivity index (χ2v) is 7.28. The average Bonchev–Trinajstić information content (AvgIpc) is 3.09. The number of aromatic nitrogens is 3. The number of anilines is 1. The molecule has 0 spiro atoms. The first-order chi connectivity index (χ1) is 14.0. The number of carbonyl (C=O) groups is 1. The molecule has 0 aliphatic heterocycles. The number of nitriles is 1. The Kier molecular flexibility index (Phi) is 6.69. The van der Waals surface area contributed by atoms with Gasteiger partial charge < -0.3 is 10.7 Å². The van der Waals surface area contributed by atoms with E-state index in [1.54, 1.807) is 24.3 Å². The van der Waals surface area contributed by atoms with Crippen molar-refractivity contribution >= 4 is 35.0 Å². The smallest absolute Gasteiger partial charge is 0.237 e. The molecule has 0 atom stereocenters. The van der Waals surface area contributed by atoms with Crippen molar-refractivity contribution in [3.05, 3.63) is 59.4 Å². The van der Waals surface area contributed by atoms with Gasteiger partial charge in [-0.3, -0.25) is 4.79 Å². The van der Waals surface area contributed by atoms with Gasteiger partial charge in [0.05, 0.1) is 18.2 Å². The molecule has 1 heterocycles. The van der Waals surface area contributed by atoms with Gasteiger partial charge in [-0.15, -0.1) is 10.2 Å². The normalized spacial score (nSPS) is 10.5. The minimum Gasteiger partial charge on any atom is -0.335 e. The fourth-order valence-corrected chi connectivity index (χ4v) is 3.41. The van der Waals surface area contributed by atoms with Gasteiger partial charge in [0.25, 0.3) is 0 Å². The first-order valence-corrected chi connectivity index (χ1v) is 9.88. The van der Waals surface area contributed by atoms with Gasteiger partial charge in [0.1, 0.15) is 5.82 Å². The predicted octanol–water partition coefficient (Wildman–Crippen LogP) is 3.49. The van der Waals surface area contributed by atoms with Crippen LogP contribution >= 0.6 is 23.4 Å². The minimum atomic E-state index is -0.401. The van der Waals surface area contributed by atoms with Crippen LogP contribution in [0.1, 0.15) is 6.42 Å². The molecule has 0 unspecified atom stereocenters. The summed E-state index contributed by atoms with van der Waals surface area (Å²) in [6, 6.07) is 14.5. The van der Waals surface area contributed by atoms with Crippen LogP contribution in [-0.4, -0.2) is 33.1 Å². The first kappa shape index (κ1) is 20.6. The zero-order valence-electron chi connectivity index (χ0n) is 15.1. The summed E-state index contributed by atoms with van der Waals surface area (Å²) in [4.78, 5) is 14.2. The Bertz CT molecular complexity index is 1030. The minimum absolute atomic E-state index is 0.0265. The van der Waals surface area contributed by atoms with E-state index in [1.807, 2.05) is 6.07 Å². The quantitative estimate of drug-likeness (QED) is 0.454. The lowest BCUT2D eigenvalue weighted by atomic mass is 10.2. The van der Waals surface area contributed by atoms with Crippen molar-refractivity contribution in [1.29, 1.82) is 5.26 Å². The maximum Gasteiger partial charge on any atom is 0.237 e. The SMILES string of the molecule is N#CCCN(C(=O)CSc1nnc(-c2ccc(Cl)cc2)n1N)c1ccc(F)cc1. The van der Waals surface area contributed by atoms with E-state index in [-0.39, 0.29) is 24.6 Å². The summed E-state index contributed by atoms with van der Waals surface area (Å²) >= 11 is 7.02. The molecule has 148 valence electrons. The van der Waals surface area contributed by atoms with Crippen molar-refractivity contribution in [2.45, 2.75) is 11.6 Å². The fourth-order valence-electron chi connectivity index (χ4n) is 2.56. The second kappa shape index (κ2) is 9.41. The summed E-state index contributed by atoms with van der Waals surface area (Å²) in [5, 5.41) is 17.9. The number of amides is 1. The third kappa shape index (κ3) is 5.04. The highest BCUT2D eigenvalue weighted by molar-refractivity contribution is 7.99. The Morgan fingerprint density at radius 1 is 1.21 bits per heavy atom. The molecule has 0 aliphatic carbocycles. The molecule has 0 fully saturated rings. The number of carbonyl (C=O) groups excluding carboxylic acids is 1. The van der Waals surface area contributed by atoms with Gasteiger partial charge >= 0.3 is 0 Å². The molecule has 10 heteroatoms. The topological polar surface area (TPSA) is 101 Å². The summed E-state index contributed by atoms with van der Waals surface area (Å²) in [6.45, 7) is 0.201. The van der Waals surface area contributed by atoms with Crippen LogP contribution in [0, 0.1) is 17.1 Å². The van der Waals surface area contributed by atoms with Gasteiger partial charge in [-0.2, -0.15) is 5.26 Å².